The average Bonchev–Trinajstić information content (AvgIpc) is 3.25. The van der Waals surface area contributed by atoms with Crippen LogP contribution in [0.25, 0.3) is 0 Å². The molecule has 0 aromatic heterocycles. The number of benzene rings is 1. The van der Waals surface area contributed by atoms with Crippen LogP contribution in [0.1, 0.15) is 25.7 Å². The Morgan fingerprint density at radius 2 is 2.28 bits per heavy atom. The maximum atomic E-state index is 12.7. The largest absolute Gasteiger partial charge is 0.490 e. The van der Waals surface area contributed by atoms with Gasteiger partial charge in [-0.2, -0.15) is 0 Å². The average molecular weight is 347 g/mol. The summed E-state index contributed by atoms with van der Waals surface area (Å²) in [6.07, 6.45) is 4.32. The first-order valence-electron chi connectivity index (χ1n) is 8.58. The Morgan fingerprint density at radius 1 is 1.48 bits per heavy atom. The van der Waals surface area contributed by atoms with Gasteiger partial charge in [0.15, 0.2) is 5.75 Å². The van der Waals surface area contributed by atoms with Crippen molar-refractivity contribution in [3.63, 3.8) is 0 Å². The van der Waals surface area contributed by atoms with Crippen LogP contribution in [0.4, 0.5) is 16.2 Å². The maximum Gasteiger partial charge on any atom is 0.322 e. The lowest BCUT2D eigenvalue weighted by Gasteiger charge is -2.55. The van der Waals surface area contributed by atoms with Crippen LogP contribution in [0.3, 0.4) is 0 Å². The molecule has 4 rings (SSSR count). The fraction of sp³-hybridized carbons (Fsp3) is 0.588. The van der Waals surface area contributed by atoms with Gasteiger partial charge in [0.1, 0.15) is 5.60 Å². The third-order valence-electron chi connectivity index (χ3n) is 5.40. The number of nitro groups is 1. The number of ether oxygens (including phenoxy) is 2. The third-order valence-corrected chi connectivity index (χ3v) is 5.40. The molecule has 2 unspecified atom stereocenters. The van der Waals surface area contributed by atoms with Crippen molar-refractivity contribution >= 4 is 17.4 Å². The Bertz CT molecular complexity index is 712. The standard InChI is InChI=1S/C17H21N3O5/c1-24-14-6-5-12(9-13(14)20(22)23)18-16(21)19-10-17(7-2-8-25-17)15(19)11-3-4-11/h5-6,9,11,15H,2-4,7-8,10H2,1H3,(H,18,21). The summed E-state index contributed by atoms with van der Waals surface area (Å²) in [5.74, 6) is 0.684. The summed E-state index contributed by atoms with van der Waals surface area (Å²) in [6.45, 7) is 1.36. The number of nitrogens with one attached hydrogen (secondary N) is 1. The zero-order chi connectivity index (χ0) is 17.6. The molecule has 2 heterocycles. The minimum Gasteiger partial charge on any atom is -0.490 e. The number of nitrogens with zero attached hydrogens (tertiary/aromatic N) is 2. The summed E-state index contributed by atoms with van der Waals surface area (Å²) < 4.78 is 11.0. The highest BCUT2D eigenvalue weighted by atomic mass is 16.6. The van der Waals surface area contributed by atoms with Crippen LogP contribution in [0.5, 0.6) is 5.75 Å². The van der Waals surface area contributed by atoms with Gasteiger partial charge >= 0.3 is 11.7 Å². The van der Waals surface area contributed by atoms with Gasteiger partial charge in [-0.3, -0.25) is 10.1 Å². The molecule has 3 fully saturated rings. The number of rotatable bonds is 4. The Labute approximate surface area is 145 Å². The van der Waals surface area contributed by atoms with E-state index in [1.54, 1.807) is 6.07 Å². The van der Waals surface area contributed by atoms with E-state index < -0.39 is 4.92 Å². The molecule has 1 N–H and O–H groups in total. The van der Waals surface area contributed by atoms with Crippen molar-refractivity contribution in [2.45, 2.75) is 37.3 Å². The predicted molar refractivity (Wildman–Crippen MR) is 89.8 cm³/mol. The van der Waals surface area contributed by atoms with Crippen LogP contribution < -0.4 is 10.1 Å². The molecule has 8 heteroatoms. The summed E-state index contributed by atoms with van der Waals surface area (Å²) >= 11 is 0. The summed E-state index contributed by atoms with van der Waals surface area (Å²) in [7, 11) is 1.38. The zero-order valence-electron chi connectivity index (χ0n) is 14.1. The van der Waals surface area contributed by atoms with Gasteiger partial charge in [0.2, 0.25) is 0 Å². The highest BCUT2D eigenvalue weighted by Crippen LogP contribution is 2.51. The molecule has 1 saturated carbocycles. The Hall–Kier alpha value is -2.35. The normalized spacial score (nSPS) is 27.9. The van der Waals surface area contributed by atoms with Gasteiger partial charge in [-0.1, -0.05) is 0 Å². The number of carbonyl (C=O) groups excluding carboxylic acids is 1. The Balaban J connectivity index is 1.49. The second-order valence-corrected chi connectivity index (χ2v) is 7.00. The molecule has 2 atom stereocenters. The third kappa shape index (κ3) is 2.70. The highest BCUT2D eigenvalue weighted by Gasteiger charge is 2.61. The van der Waals surface area contributed by atoms with Crippen molar-refractivity contribution in [3.8, 4) is 5.75 Å². The molecule has 2 saturated heterocycles. The quantitative estimate of drug-likeness (QED) is 0.668. The maximum absolute atomic E-state index is 12.7. The monoisotopic (exact) mass is 347 g/mol. The van der Waals surface area contributed by atoms with E-state index in [9.17, 15) is 14.9 Å². The fourth-order valence-electron chi connectivity index (χ4n) is 4.13. The molecular formula is C17H21N3O5. The Morgan fingerprint density at radius 3 is 2.88 bits per heavy atom. The van der Waals surface area contributed by atoms with Crippen LogP contribution in [0, 0.1) is 16.0 Å². The van der Waals surface area contributed by atoms with E-state index in [0.717, 1.165) is 32.3 Å². The van der Waals surface area contributed by atoms with Gasteiger partial charge in [0.05, 0.1) is 24.6 Å². The summed E-state index contributed by atoms with van der Waals surface area (Å²) in [4.78, 5) is 25.1. The van der Waals surface area contributed by atoms with E-state index in [4.69, 9.17) is 9.47 Å². The fourth-order valence-corrected chi connectivity index (χ4v) is 4.13. The van der Waals surface area contributed by atoms with Gasteiger partial charge in [-0.15, -0.1) is 0 Å². The number of methoxy groups -OCH3 is 1. The molecule has 2 amide bonds. The summed E-state index contributed by atoms with van der Waals surface area (Å²) in [6, 6.07) is 4.33. The zero-order valence-corrected chi connectivity index (χ0v) is 14.1. The number of amides is 2. The van der Waals surface area contributed by atoms with Crippen molar-refractivity contribution < 1.29 is 19.2 Å². The molecule has 2 aliphatic heterocycles. The molecule has 25 heavy (non-hydrogen) atoms. The first-order chi connectivity index (χ1) is 12.0. The second kappa shape index (κ2) is 5.87. The van der Waals surface area contributed by atoms with Crippen molar-refractivity contribution in [3.05, 3.63) is 28.3 Å². The van der Waals surface area contributed by atoms with Crippen LogP contribution >= 0.6 is 0 Å². The van der Waals surface area contributed by atoms with E-state index in [0.29, 0.717) is 18.2 Å². The summed E-state index contributed by atoms with van der Waals surface area (Å²) in [5.41, 5.74) is 0.0586. The minimum atomic E-state index is -0.521. The van der Waals surface area contributed by atoms with Crippen LogP contribution in [0.15, 0.2) is 18.2 Å². The molecule has 0 bridgehead atoms. The molecule has 1 spiro atoms. The lowest BCUT2D eigenvalue weighted by Crippen LogP contribution is -2.72. The van der Waals surface area contributed by atoms with Crippen molar-refractivity contribution in [1.82, 2.24) is 4.90 Å². The molecule has 1 aromatic rings. The SMILES string of the molecule is COc1ccc(NC(=O)N2CC3(CCCO3)C2C2CC2)cc1[N+](=O)[O-]. The van der Waals surface area contributed by atoms with Gasteiger partial charge in [-0.25, -0.2) is 4.79 Å². The number of likely N-dealkylation sites (tertiary alicyclic amines) is 1. The van der Waals surface area contributed by atoms with Gasteiger partial charge in [0.25, 0.3) is 0 Å². The van der Waals surface area contributed by atoms with Gasteiger partial charge in [-0.05, 0) is 43.7 Å². The predicted octanol–water partition coefficient (Wildman–Crippen LogP) is 2.78. The lowest BCUT2D eigenvalue weighted by atomic mass is 9.78. The number of carbonyl (C=O) groups is 1. The van der Waals surface area contributed by atoms with Crippen molar-refractivity contribution in [2.75, 3.05) is 25.6 Å². The van der Waals surface area contributed by atoms with E-state index >= 15 is 0 Å². The molecule has 134 valence electrons. The molecule has 1 aliphatic carbocycles. The van der Waals surface area contributed by atoms with E-state index in [1.807, 2.05) is 4.90 Å². The number of nitro benzene ring substituents is 1. The topological polar surface area (TPSA) is 93.9 Å². The molecular weight excluding hydrogens is 326 g/mol. The minimum absolute atomic E-state index is 0.128. The number of hydrogen-bond acceptors (Lipinski definition) is 5. The summed E-state index contributed by atoms with van der Waals surface area (Å²) in [5, 5.41) is 13.9. The number of anilines is 1. The van der Waals surface area contributed by atoms with Crippen LogP contribution in [0.2, 0.25) is 0 Å². The van der Waals surface area contributed by atoms with Crippen LogP contribution in [-0.2, 0) is 4.74 Å². The van der Waals surface area contributed by atoms with Crippen molar-refractivity contribution in [1.29, 1.82) is 0 Å². The van der Waals surface area contributed by atoms with Gasteiger partial charge in [0, 0.05) is 18.4 Å². The van der Waals surface area contributed by atoms with E-state index in [1.165, 1.54) is 19.2 Å². The number of hydrogen-bond donors (Lipinski definition) is 1. The first-order valence-corrected chi connectivity index (χ1v) is 8.58. The first kappa shape index (κ1) is 16.1. The number of urea groups is 1. The van der Waals surface area contributed by atoms with E-state index in [2.05, 4.69) is 5.32 Å². The highest BCUT2D eigenvalue weighted by molar-refractivity contribution is 5.91. The van der Waals surface area contributed by atoms with Crippen molar-refractivity contribution in [2.24, 2.45) is 5.92 Å². The van der Waals surface area contributed by atoms with Crippen LogP contribution in [-0.4, -0.2) is 47.8 Å². The van der Waals surface area contributed by atoms with Gasteiger partial charge < -0.3 is 19.7 Å². The Kier molecular flexibility index (Phi) is 3.79. The molecule has 0 radical (unpaired) electrons. The van der Waals surface area contributed by atoms with E-state index in [-0.39, 0.29) is 29.1 Å². The lowest BCUT2D eigenvalue weighted by molar-refractivity contribution is -0.385. The molecule has 8 nitrogen and oxygen atoms in total. The molecule has 3 aliphatic rings. The molecule has 1 aromatic carbocycles. The second-order valence-electron chi connectivity index (χ2n) is 7.00. The smallest absolute Gasteiger partial charge is 0.322 e.